The normalized spacial score (nSPS) is 11.0. The lowest BCUT2D eigenvalue weighted by Crippen LogP contribution is -2.24. The quantitative estimate of drug-likeness (QED) is 0.330. The third-order valence-corrected chi connectivity index (χ3v) is 4.78. The summed E-state index contributed by atoms with van der Waals surface area (Å²) in [5.41, 5.74) is 6.67. The van der Waals surface area contributed by atoms with E-state index in [1.807, 2.05) is 41.1 Å². The molecule has 3 rings (SSSR count). The molecule has 4 nitrogen and oxygen atoms in total. The van der Waals surface area contributed by atoms with Crippen LogP contribution in [0.15, 0.2) is 65.9 Å². The number of hydrogen-bond acceptors (Lipinski definition) is 2. The summed E-state index contributed by atoms with van der Waals surface area (Å²) in [5, 5.41) is 8.18. The van der Waals surface area contributed by atoms with E-state index in [1.54, 1.807) is 12.3 Å². The van der Waals surface area contributed by atoms with Crippen molar-refractivity contribution < 1.29 is 4.39 Å². The van der Waals surface area contributed by atoms with Crippen molar-refractivity contribution in [2.75, 3.05) is 5.32 Å². The number of aryl methyl sites for hydroxylation is 1. The first kappa shape index (κ1) is 20.0. The molecule has 2 N–H and O–H groups in total. The van der Waals surface area contributed by atoms with E-state index in [0.29, 0.717) is 16.7 Å². The van der Waals surface area contributed by atoms with E-state index >= 15 is 0 Å². The van der Waals surface area contributed by atoms with Crippen molar-refractivity contribution in [3.63, 3.8) is 0 Å². The second-order valence-electron chi connectivity index (χ2n) is 6.13. The van der Waals surface area contributed by atoms with Gasteiger partial charge >= 0.3 is 0 Å². The van der Waals surface area contributed by atoms with Gasteiger partial charge < -0.3 is 9.88 Å². The van der Waals surface area contributed by atoms with Gasteiger partial charge in [0.05, 0.1) is 11.9 Å². The number of nitrogens with one attached hydrogen (secondary N) is 2. The van der Waals surface area contributed by atoms with Gasteiger partial charge in [-0.25, -0.2) is 4.39 Å². The molecule has 1 aromatic heterocycles. The van der Waals surface area contributed by atoms with Gasteiger partial charge in [-0.05, 0) is 60.1 Å². The van der Waals surface area contributed by atoms with Gasteiger partial charge in [0, 0.05) is 23.5 Å². The van der Waals surface area contributed by atoms with Crippen LogP contribution in [0.2, 0.25) is 5.02 Å². The van der Waals surface area contributed by atoms with Crippen molar-refractivity contribution in [3.8, 4) is 0 Å². The van der Waals surface area contributed by atoms with Crippen molar-refractivity contribution in [1.82, 2.24) is 9.99 Å². The molecule has 0 radical (unpaired) electrons. The number of anilines is 1. The number of hydrogen-bond donors (Lipinski definition) is 2. The van der Waals surface area contributed by atoms with Crippen LogP contribution < -0.4 is 10.7 Å². The van der Waals surface area contributed by atoms with Gasteiger partial charge in [-0.3, -0.25) is 5.43 Å². The van der Waals surface area contributed by atoms with Crippen LogP contribution >= 0.6 is 23.8 Å². The summed E-state index contributed by atoms with van der Waals surface area (Å²) in [5.74, 6) is -0.349. The minimum Gasteiger partial charge on any atom is -0.342 e. The van der Waals surface area contributed by atoms with Gasteiger partial charge in [-0.15, -0.1) is 0 Å². The summed E-state index contributed by atoms with van der Waals surface area (Å²) in [6, 6.07) is 16.2. The van der Waals surface area contributed by atoms with Crippen LogP contribution in [0.4, 0.5) is 10.1 Å². The second-order valence-corrected chi connectivity index (χ2v) is 6.95. The summed E-state index contributed by atoms with van der Waals surface area (Å²) in [4.78, 5) is 0. The van der Waals surface area contributed by atoms with Crippen LogP contribution in [0, 0.1) is 5.82 Å². The number of thiocarbonyl (C=S) groups is 1. The van der Waals surface area contributed by atoms with Gasteiger partial charge in [-0.1, -0.05) is 42.8 Å². The molecule has 0 aliphatic rings. The third kappa shape index (κ3) is 5.18. The van der Waals surface area contributed by atoms with Gasteiger partial charge in [-0.2, -0.15) is 5.10 Å². The van der Waals surface area contributed by atoms with Crippen LogP contribution in [0.3, 0.4) is 0 Å². The zero-order chi connectivity index (χ0) is 19.9. The number of rotatable bonds is 6. The van der Waals surface area contributed by atoms with Crippen LogP contribution in [0.25, 0.3) is 0 Å². The lowest BCUT2D eigenvalue weighted by atomic mass is 10.1. The van der Waals surface area contributed by atoms with E-state index in [0.717, 1.165) is 23.4 Å². The zero-order valence-corrected chi connectivity index (χ0v) is 16.9. The second kappa shape index (κ2) is 9.48. The van der Waals surface area contributed by atoms with Gasteiger partial charge in [0.2, 0.25) is 0 Å². The Morgan fingerprint density at radius 1 is 1.18 bits per heavy atom. The van der Waals surface area contributed by atoms with Gasteiger partial charge in [0.15, 0.2) is 5.11 Å². The fourth-order valence-electron chi connectivity index (χ4n) is 2.78. The predicted molar refractivity (Wildman–Crippen MR) is 118 cm³/mol. The smallest absolute Gasteiger partial charge is 0.191 e. The number of hydrazone groups is 1. The number of halogens is 2. The standard InChI is InChI=1S/C21H20ClFN4S/c1-2-15-6-3-4-8-20(15)25-21(28)26-24-13-18-7-5-11-27(18)14-16-9-10-17(23)12-19(16)22/h3-13H,2,14H2,1H3,(H2,25,26,28)/b24-13+. The predicted octanol–water partition coefficient (Wildman–Crippen LogP) is 5.21. The molecule has 0 bridgehead atoms. The number of nitrogens with zero attached hydrogens (tertiary/aromatic N) is 2. The molecule has 144 valence electrons. The molecular formula is C21H20ClFN4S. The largest absolute Gasteiger partial charge is 0.342 e. The maximum atomic E-state index is 13.2. The molecule has 0 amide bonds. The van der Waals surface area contributed by atoms with Gasteiger partial charge in [0.1, 0.15) is 5.82 Å². The molecule has 0 aliphatic heterocycles. The molecular weight excluding hydrogens is 395 g/mol. The van der Waals surface area contributed by atoms with Crippen LogP contribution in [-0.2, 0) is 13.0 Å². The van der Waals surface area contributed by atoms with Crippen LogP contribution in [-0.4, -0.2) is 15.9 Å². The Morgan fingerprint density at radius 3 is 2.79 bits per heavy atom. The van der Waals surface area contributed by atoms with E-state index in [2.05, 4.69) is 28.8 Å². The van der Waals surface area contributed by atoms with Crippen molar-refractivity contribution in [3.05, 3.63) is 88.5 Å². The van der Waals surface area contributed by atoms with E-state index in [4.69, 9.17) is 23.8 Å². The van der Waals surface area contributed by atoms with Gasteiger partial charge in [0.25, 0.3) is 0 Å². The lowest BCUT2D eigenvalue weighted by Gasteiger charge is -2.11. The lowest BCUT2D eigenvalue weighted by molar-refractivity contribution is 0.626. The molecule has 0 spiro atoms. The maximum Gasteiger partial charge on any atom is 0.191 e. The molecule has 2 aromatic carbocycles. The summed E-state index contributed by atoms with van der Waals surface area (Å²) in [7, 11) is 0. The summed E-state index contributed by atoms with van der Waals surface area (Å²) >= 11 is 11.4. The molecule has 7 heteroatoms. The molecule has 0 saturated carbocycles. The Kier molecular flexibility index (Phi) is 6.79. The molecule has 3 aromatic rings. The monoisotopic (exact) mass is 414 g/mol. The van der Waals surface area contributed by atoms with Crippen LogP contribution in [0.5, 0.6) is 0 Å². The Morgan fingerprint density at radius 2 is 2.00 bits per heavy atom. The van der Waals surface area contributed by atoms with E-state index in [1.165, 1.54) is 17.7 Å². The Bertz CT molecular complexity index is 1000. The SMILES string of the molecule is CCc1ccccc1NC(=S)N/N=C/c1cccn1Cc1ccc(F)cc1Cl. The molecule has 0 unspecified atom stereocenters. The first-order chi connectivity index (χ1) is 13.6. The van der Waals surface area contributed by atoms with Crippen LogP contribution in [0.1, 0.15) is 23.7 Å². The Hall–Kier alpha value is -2.70. The van der Waals surface area contributed by atoms with Crippen molar-refractivity contribution in [1.29, 1.82) is 0 Å². The van der Waals surface area contributed by atoms with E-state index in [-0.39, 0.29) is 5.82 Å². The first-order valence-electron chi connectivity index (χ1n) is 8.84. The Balaban J connectivity index is 1.62. The highest BCUT2D eigenvalue weighted by atomic mass is 35.5. The number of para-hydroxylation sites is 1. The van der Waals surface area contributed by atoms with Crippen molar-refractivity contribution in [2.24, 2.45) is 5.10 Å². The highest BCUT2D eigenvalue weighted by molar-refractivity contribution is 7.80. The Labute approximate surface area is 174 Å². The highest BCUT2D eigenvalue weighted by Crippen LogP contribution is 2.19. The fraction of sp³-hybridized carbons (Fsp3) is 0.143. The molecule has 0 aliphatic carbocycles. The average molecular weight is 415 g/mol. The molecule has 0 saturated heterocycles. The fourth-order valence-corrected chi connectivity index (χ4v) is 3.17. The molecule has 1 heterocycles. The topological polar surface area (TPSA) is 41.4 Å². The minimum absolute atomic E-state index is 0.349. The molecule has 0 fully saturated rings. The molecule has 28 heavy (non-hydrogen) atoms. The van der Waals surface area contributed by atoms with Crippen molar-refractivity contribution >= 4 is 40.8 Å². The third-order valence-electron chi connectivity index (χ3n) is 4.23. The zero-order valence-electron chi connectivity index (χ0n) is 15.3. The summed E-state index contributed by atoms with van der Waals surface area (Å²) in [6.45, 7) is 2.61. The highest BCUT2D eigenvalue weighted by Gasteiger charge is 2.05. The number of aromatic nitrogens is 1. The maximum absolute atomic E-state index is 13.2. The minimum atomic E-state index is -0.349. The summed E-state index contributed by atoms with van der Waals surface area (Å²) < 4.78 is 15.2. The summed E-state index contributed by atoms with van der Waals surface area (Å²) in [6.07, 6.45) is 4.50. The molecule has 0 atom stereocenters. The average Bonchev–Trinajstić information content (AvgIpc) is 3.11. The first-order valence-corrected chi connectivity index (χ1v) is 9.62. The number of benzene rings is 2. The van der Waals surface area contributed by atoms with Crippen molar-refractivity contribution in [2.45, 2.75) is 19.9 Å². The van der Waals surface area contributed by atoms with E-state index < -0.39 is 0 Å². The van der Waals surface area contributed by atoms with E-state index in [9.17, 15) is 4.39 Å².